The second kappa shape index (κ2) is 11.4. The van der Waals surface area contributed by atoms with Crippen LogP contribution in [0.25, 0.3) is 0 Å². The maximum absolute atomic E-state index is 4.67. The standard InChI is InChI=1S/C26H35N9/c1-33-11-8-21(9-12-33)7-10-27-24-30-20-31-26(32-24)35-15-13-34(14-16-35)25-28-18-23(19-29-25)17-22-5-3-2-4-6-22/h2-6,18-21H,7-17H2,1H3,(H,27,30,31,32). The highest BCUT2D eigenvalue weighted by Crippen LogP contribution is 2.20. The zero-order chi connectivity index (χ0) is 23.9. The van der Waals surface area contributed by atoms with Crippen molar-refractivity contribution in [2.24, 2.45) is 5.92 Å². The van der Waals surface area contributed by atoms with Crippen molar-refractivity contribution in [1.82, 2.24) is 29.8 Å². The highest BCUT2D eigenvalue weighted by Gasteiger charge is 2.21. The van der Waals surface area contributed by atoms with Crippen LogP contribution in [0.1, 0.15) is 30.4 Å². The van der Waals surface area contributed by atoms with Gasteiger partial charge in [-0.25, -0.2) is 19.9 Å². The molecule has 0 amide bonds. The van der Waals surface area contributed by atoms with Crippen molar-refractivity contribution in [3.8, 4) is 0 Å². The summed E-state index contributed by atoms with van der Waals surface area (Å²) in [6.45, 7) is 6.64. The topological polar surface area (TPSA) is 86.2 Å². The van der Waals surface area contributed by atoms with Crippen molar-refractivity contribution in [2.45, 2.75) is 25.7 Å². The number of hydrogen-bond acceptors (Lipinski definition) is 9. The van der Waals surface area contributed by atoms with Crippen LogP contribution >= 0.6 is 0 Å². The van der Waals surface area contributed by atoms with Gasteiger partial charge in [0.2, 0.25) is 17.8 Å². The second-order valence-corrected chi connectivity index (χ2v) is 9.60. The van der Waals surface area contributed by atoms with Crippen molar-refractivity contribution < 1.29 is 0 Å². The van der Waals surface area contributed by atoms with Gasteiger partial charge in [-0.05, 0) is 56.4 Å². The molecule has 0 saturated carbocycles. The van der Waals surface area contributed by atoms with Crippen molar-refractivity contribution >= 4 is 17.8 Å². The molecule has 0 unspecified atom stereocenters. The van der Waals surface area contributed by atoms with E-state index < -0.39 is 0 Å². The Morgan fingerprint density at radius 1 is 0.800 bits per heavy atom. The van der Waals surface area contributed by atoms with E-state index in [0.717, 1.165) is 68.9 Å². The van der Waals surface area contributed by atoms with Gasteiger partial charge in [0.05, 0.1) is 0 Å². The number of benzene rings is 1. The molecule has 1 aromatic carbocycles. The zero-order valence-electron chi connectivity index (χ0n) is 20.6. The Kier molecular flexibility index (Phi) is 7.62. The van der Waals surface area contributed by atoms with E-state index in [4.69, 9.17) is 0 Å². The van der Waals surface area contributed by atoms with Gasteiger partial charge in [-0.15, -0.1) is 0 Å². The first kappa shape index (κ1) is 23.4. The van der Waals surface area contributed by atoms with Gasteiger partial charge in [-0.1, -0.05) is 30.3 Å². The predicted molar refractivity (Wildman–Crippen MR) is 139 cm³/mol. The molecule has 0 aliphatic carbocycles. The SMILES string of the molecule is CN1CCC(CCNc2ncnc(N3CCN(c4ncc(Cc5ccccc5)cn4)CC3)n2)CC1. The van der Waals surface area contributed by atoms with Gasteiger partial charge in [0.1, 0.15) is 6.33 Å². The average Bonchev–Trinajstić information content (AvgIpc) is 2.91. The molecule has 2 aliphatic heterocycles. The predicted octanol–water partition coefficient (Wildman–Crippen LogP) is 2.72. The van der Waals surface area contributed by atoms with E-state index in [2.05, 4.69) is 76.2 Å². The van der Waals surface area contributed by atoms with Gasteiger partial charge in [-0.2, -0.15) is 4.98 Å². The third-order valence-electron chi connectivity index (χ3n) is 7.02. The molecule has 5 rings (SSSR count). The Balaban J connectivity index is 1.09. The minimum atomic E-state index is 0.669. The largest absolute Gasteiger partial charge is 0.354 e. The molecule has 3 aromatic rings. The molecule has 0 radical (unpaired) electrons. The maximum atomic E-state index is 4.67. The number of likely N-dealkylation sites (tertiary alicyclic amines) is 1. The Morgan fingerprint density at radius 2 is 1.49 bits per heavy atom. The van der Waals surface area contributed by atoms with Gasteiger partial charge < -0.3 is 20.0 Å². The van der Waals surface area contributed by atoms with Crippen molar-refractivity contribution in [3.63, 3.8) is 0 Å². The van der Waals surface area contributed by atoms with E-state index in [-0.39, 0.29) is 0 Å². The number of aromatic nitrogens is 5. The molecule has 2 aliphatic rings. The first-order valence-electron chi connectivity index (χ1n) is 12.7. The number of anilines is 3. The summed E-state index contributed by atoms with van der Waals surface area (Å²) in [6, 6.07) is 10.4. The summed E-state index contributed by atoms with van der Waals surface area (Å²) in [5.74, 6) is 2.99. The minimum absolute atomic E-state index is 0.669. The molecule has 2 aromatic heterocycles. The van der Waals surface area contributed by atoms with Crippen LogP contribution in [0.4, 0.5) is 17.8 Å². The van der Waals surface area contributed by atoms with Gasteiger partial charge in [-0.3, -0.25) is 0 Å². The van der Waals surface area contributed by atoms with E-state index in [1.165, 1.54) is 31.5 Å². The molecule has 4 heterocycles. The quantitative estimate of drug-likeness (QED) is 0.531. The summed E-state index contributed by atoms with van der Waals surface area (Å²) in [5.41, 5.74) is 2.39. The van der Waals surface area contributed by atoms with E-state index >= 15 is 0 Å². The Hall–Kier alpha value is -3.33. The van der Waals surface area contributed by atoms with Gasteiger partial charge in [0.25, 0.3) is 0 Å². The molecule has 2 saturated heterocycles. The molecular formula is C26H35N9. The third kappa shape index (κ3) is 6.42. The van der Waals surface area contributed by atoms with Crippen LogP contribution in [0, 0.1) is 5.92 Å². The van der Waals surface area contributed by atoms with E-state index in [0.29, 0.717) is 5.95 Å². The van der Waals surface area contributed by atoms with Crippen LogP contribution in [0.15, 0.2) is 49.1 Å². The molecule has 35 heavy (non-hydrogen) atoms. The average molecular weight is 474 g/mol. The Labute approximate surface area is 207 Å². The van der Waals surface area contributed by atoms with Crippen LogP contribution in [-0.4, -0.2) is 82.7 Å². The zero-order valence-corrected chi connectivity index (χ0v) is 20.6. The number of piperazine rings is 1. The first-order valence-corrected chi connectivity index (χ1v) is 12.7. The number of rotatable bonds is 8. The molecular weight excluding hydrogens is 438 g/mol. The lowest BCUT2D eigenvalue weighted by molar-refractivity contribution is 0.215. The third-order valence-corrected chi connectivity index (χ3v) is 7.02. The van der Waals surface area contributed by atoms with Crippen molar-refractivity contribution in [2.75, 3.05) is 68.0 Å². The fourth-order valence-corrected chi connectivity index (χ4v) is 4.80. The molecule has 1 N–H and O–H groups in total. The van der Waals surface area contributed by atoms with Gasteiger partial charge in [0, 0.05) is 51.5 Å². The lowest BCUT2D eigenvalue weighted by Crippen LogP contribution is -2.47. The lowest BCUT2D eigenvalue weighted by Gasteiger charge is -2.34. The van der Waals surface area contributed by atoms with Crippen molar-refractivity contribution in [1.29, 1.82) is 0 Å². The highest BCUT2D eigenvalue weighted by atomic mass is 15.4. The summed E-state index contributed by atoms with van der Waals surface area (Å²) in [6.07, 6.45) is 10.1. The minimum Gasteiger partial charge on any atom is -0.354 e. The van der Waals surface area contributed by atoms with Gasteiger partial charge in [0.15, 0.2) is 0 Å². The first-order chi connectivity index (χ1) is 17.2. The number of nitrogens with one attached hydrogen (secondary N) is 1. The van der Waals surface area contributed by atoms with Crippen LogP contribution < -0.4 is 15.1 Å². The number of nitrogens with zero attached hydrogens (tertiary/aromatic N) is 8. The summed E-state index contributed by atoms with van der Waals surface area (Å²) < 4.78 is 0. The fourth-order valence-electron chi connectivity index (χ4n) is 4.80. The molecule has 184 valence electrons. The molecule has 2 fully saturated rings. The molecule has 0 bridgehead atoms. The highest BCUT2D eigenvalue weighted by molar-refractivity contribution is 5.40. The second-order valence-electron chi connectivity index (χ2n) is 9.60. The smallest absolute Gasteiger partial charge is 0.230 e. The molecule has 9 nitrogen and oxygen atoms in total. The Morgan fingerprint density at radius 3 is 2.20 bits per heavy atom. The number of piperidine rings is 1. The van der Waals surface area contributed by atoms with E-state index in [9.17, 15) is 0 Å². The molecule has 9 heteroatoms. The summed E-state index contributed by atoms with van der Waals surface area (Å²) in [7, 11) is 2.20. The van der Waals surface area contributed by atoms with E-state index in [1.54, 1.807) is 6.33 Å². The number of hydrogen-bond donors (Lipinski definition) is 1. The lowest BCUT2D eigenvalue weighted by atomic mass is 9.94. The van der Waals surface area contributed by atoms with Crippen LogP contribution in [0.5, 0.6) is 0 Å². The molecule has 0 atom stereocenters. The van der Waals surface area contributed by atoms with E-state index in [1.807, 2.05) is 18.5 Å². The van der Waals surface area contributed by atoms with Crippen LogP contribution in [0.2, 0.25) is 0 Å². The maximum Gasteiger partial charge on any atom is 0.230 e. The molecule has 0 spiro atoms. The van der Waals surface area contributed by atoms with Crippen LogP contribution in [0.3, 0.4) is 0 Å². The van der Waals surface area contributed by atoms with Gasteiger partial charge >= 0.3 is 0 Å². The Bertz CT molecular complexity index is 1040. The summed E-state index contributed by atoms with van der Waals surface area (Å²) in [4.78, 5) is 29.5. The summed E-state index contributed by atoms with van der Waals surface area (Å²) in [5, 5.41) is 3.41. The normalized spacial score (nSPS) is 17.5. The van der Waals surface area contributed by atoms with Crippen molar-refractivity contribution in [3.05, 3.63) is 60.2 Å². The van der Waals surface area contributed by atoms with Crippen LogP contribution in [-0.2, 0) is 6.42 Å². The summed E-state index contributed by atoms with van der Waals surface area (Å²) >= 11 is 0. The monoisotopic (exact) mass is 473 g/mol. The fraction of sp³-hybridized carbons (Fsp3) is 0.500.